The number of carbonyl (C=O) groups excluding carboxylic acids is 1. The highest BCUT2D eigenvalue weighted by Crippen LogP contribution is 2.20. The molecule has 2 aromatic carbocycles. The molecule has 0 saturated carbocycles. The third kappa shape index (κ3) is 6.83. The summed E-state index contributed by atoms with van der Waals surface area (Å²) in [6.45, 7) is 0.965. The lowest BCUT2D eigenvalue weighted by molar-refractivity contribution is 0.240. The molecule has 0 aliphatic carbocycles. The fraction of sp³-hybridized carbons (Fsp3) is 0.278. The largest absolute Gasteiger partial charge is 0.457 e. The van der Waals surface area contributed by atoms with Gasteiger partial charge in [0.15, 0.2) is 0 Å². The molecule has 0 fully saturated rings. The minimum absolute atomic E-state index is 0.221. The summed E-state index contributed by atoms with van der Waals surface area (Å²) in [6.07, 6.45) is 2.37. The van der Waals surface area contributed by atoms with Crippen LogP contribution in [0.3, 0.4) is 0 Å². The Balaban J connectivity index is 1.71. The van der Waals surface area contributed by atoms with Crippen molar-refractivity contribution < 1.29 is 13.7 Å². The van der Waals surface area contributed by atoms with Gasteiger partial charge in [-0.3, -0.25) is 4.21 Å². The van der Waals surface area contributed by atoms with Crippen molar-refractivity contribution in [2.75, 3.05) is 18.6 Å². The molecule has 2 rings (SSSR count). The van der Waals surface area contributed by atoms with Crippen molar-refractivity contribution in [1.82, 2.24) is 10.6 Å². The van der Waals surface area contributed by atoms with Gasteiger partial charge in [-0.15, -0.1) is 0 Å². The Labute approximate surface area is 144 Å². The Morgan fingerprint density at radius 1 is 1.00 bits per heavy atom. The second-order valence-electron chi connectivity index (χ2n) is 5.30. The number of amides is 2. The average molecular weight is 346 g/mol. The van der Waals surface area contributed by atoms with Gasteiger partial charge in [-0.25, -0.2) is 4.79 Å². The van der Waals surface area contributed by atoms with Crippen LogP contribution in [0.5, 0.6) is 11.5 Å². The third-order valence-corrected chi connectivity index (χ3v) is 4.11. The van der Waals surface area contributed by atoms with Crippen LogP contribution in [-0.2, 0) is 17.3 Å². The second-order valence-corrected chi connectivity index (χ2v) is 6.85. The van der Waals surface area contributed by atoms with E-state index in [1.165, 1.54) is 0 Å². The van der Waals surface area contributed by atoms with Crippen molar-refractivity contribution in [2.45, 2.75) is 13.0 Å². The predicted molar refractivity (Wildman–Crippen MR) is 96.7 cm³/mol. The molecule has 0 saturated heterocycles. The fourth-order valence-corrected chi connectivity index (χ4v) is 2.57. The minimum atomic E-state index is -0.815. The highest BCUT2D eigenvalue weighted by molar-refractivity contribution is 7.84. The first kappa shape index (κ1) is 18.0. The van der Waals surface area contributed by atoms with Crippen LogP contribution in [0.2, 0.25) is 0 Å². The normalized spacial score (nSPS) is 11.5. The molecule has 6 heteroatoms. The van der Waals surface area contributed by atoms with E-state index in [1.807, 2.05) is 54.6 Å². The number of nitrogens with one attached hydrogen (secondary N) is 2. The van der Waals surface area contributed by atoms with Crippen LogP contribution >= 0.6 is 0 Å². The van der Waals surface area contributed by atoms with E-state index in [1.54, 1.807) is 6.26 Å². The van der Waals surface area contributed by atoms with E-state index >= 15 is 0 Å². The Morgan fingerprint density at radius 3 is 2.33 bits per heavy atom. The molecular formula is C18H22N2O3S. The van der Waals surface area contributed by atoms with Crippen molar-refractivity contribution in [3.8, 4) is 11.5 Å². The Bertz CT molecular complexity index is 660. The van der Waals surface area contributed by atoms with Gasteiger partial charge in [0, 0.05) is 35.9 Å². The maximum atomic E-state index is 11.6. The fourth-order valence-electron chi connectivity index (χ4n) is 2.02. The molecular weight excluding hydrogens is 324 g/mol. The number of benzene rings is 2. The van der Waals surface area contributed by atoms with Crippen molar-refractivity contribution in [3.05, 3.63) is 60.2 Å². The van der Waals surface area contributed by atoms with Crippen LogP contribution < -0.4 is 15.4 Å². The zero-order chi connectivity index (χ0) is 17.2. The van der Waals surface area contributed by atoms with E-state index in [2.05, 4.69) is 10.6 Å². The lowest BCUT2D eigenvalue weighted by Crippen LogP contribution is -2.35. The first-order valence-corrected chi connectivity index (χ1v) is 9.50. The Kier molecular flexibility index (Phi) is 7.29. The van der Waals surface area contributed by atoms with Crippen LogP contribution in [-0.4, -0.2) is 28.8 Å². The SMILES string of the molecule is C[S@@](=O)CCCNC(=O)NCc1ccc(Oc2ccccc2)cc1. The number of ether oxygens (including phenoxy) is 1. The summed E-state index contributed by atoms with van der Waals surface area (Å²) in [4.78, 5) is 11.6. The zero-order valence-electron chi connectivity index (χ0n) is 13.7. The number of rotatable bonds is 8. The summed E-state index contributed by atoms with van der Waals surface area (Å²) < 4.78 is 16.6. The molecule has 24 heavy (non-hydrogen) atoms. The number of hydrogen-bond donors (Lipinski definition) is 2. The van der Waals surface area contributed by atoms with Gasteiger partial charge in [0.05, 0.1) is 0 Å². The highest BCUT2D eigenvalue weighted by Gasteiger charge is 2.01. The predicted octanol–water partition coefficient (Wildman–Crippen LogP) is 3.05. The van der Waals surface area contributed by atoms with Crippen molar-refractivity contribution in [3.63, 3.8) is 0 Å². The molecule has 2 amide bonds. The van der Waals surface area contributed by atoms with E-state index in [4.69, 9.17) is 4.74 Å². The molecule has 5 nitrogen and oxygen atoms in total. The molecule has 0 spiro atoms. The van der Waals surface area contributed by atoms with Crippen LogP contribution in [0, 0.1) is 0 Å². The van der Waals surface area contributed by atoms with Gasteiger partial charge >= 0.3 is 6.03 Å². The van der Waals surface area contributed by atoms with Crippen molar-refractivity contribution >= 4 is 16.8 Å². The molecule has 0 radical (unpaired) electrons. The average Bonchev–Trinajstić information content (AvgIpc) is 2.59. The molecule has 0 bridgehead atoms. The van der Waals surface area contributed by atoms with Crippen LogP contribution in [0.4, 0.5) is 4.79 Å². The third-order valence-electron chi connectivity index (χ3n) is 3.25. The number of hydrogen-bond acceptors (Lipinski definition) is 3. The summed E-state index contributed by atoms with van der Waals surface area (Å²) >= 11 is 0. The van der Waals surface area contributed by atoms with Gasteiger partial charge in [0.25, 0.3) is 0 Å². The van der Waals surface area contributed by atoms with E-state index in [0.29, 0.717) is 25.3 Å². The van der Waals surface area contributed by atoms with Gasteiger partial charge in [-0.05, 0) is 36.2 Å². The summed E-state index contributed by atoms with van der Waals surface area (Å²) in [5, 5.41) is 5.53. The molecule has 0 unspecified atom stereocenters. The molecule has 1 atom stereocenters. The summed E-state index contributed by atoms with van der Waals surface area (Å²) in [6, 6.07) is 16.9. The summed E-state index contributed by atoms with van der Waals surface area (Å²) in [5.74, 6) is 2.14. The number of para-hydroxylation sites is 1. The van der Waals surface area contributed by atoms with Gasteiger partial charge in [-0.2, -0.15) is 0 Å². The highest BCUT2D eigenvalue weighted by atomic mass is 32.2. The lowest BCUT2D eigenvalue weighted by Gasteiger charge is -2.09. The first-order chi connectivity index (χ1) is 11.6. The van der Waals surface area contributed by atoms with Crippen molar-refractivity contribution in [1.29, 1.82) is 0 Å². The standard InChI is InChI=1S/C18H22N2O3S/c1-24(22)13-5-12-19-18(21)20-14-15-8-10-17(11-9-15)23-16-6-3-2-4-7-16/h2-4,6-11H,5,12-14H2,1H3,(H2,19,20,21)/t24-/m1/s1. The molecule has 0 aliphatic heterocycles. The molecule has 0 aliphatic rings. The van der Waals surface area contributed by atoms with Crippen LogP contribution in [0.15, 0.2) is 54.6 Å². The number of carbonyl (C=O) groups is 1. The lowest BCUT2D eigenvalue weighted by atomic mass is 10.2. The van der Waals surface area contributed by atoms with Crippen molar-refractivity contribution in [2.24, 2.45) is 0 Å². The summed E-state index contributed by atoms with van der Waals surface area (Å²) in [7, 11) is -0.815. The maximum absolute atomic E-state index is 11.6. The van der Waals surface area contributed by atoms with E-state index in [-0.39, 0.29) is 6.03 Å². The van der Waals surface area contributed by atoms with E-state index in [0.717, 1.165) is 17.1 Å². The monoisotopic (exact) mass is 346 g/mol. The van der Waals surface area contributed by atoms with Gasteiger partial charge in [0.2, 0.25) is 0 Å². The first-order valence-electron chi connectivity index (χ1n) is 7.77. The zero-order valence-corrected chi connectivity index (χ0v) is 14.5. The molecule has 2 aromatic rings. The molecule has 0 heterocycles. The molecule has 2 N–H and O–H groups in total. The molecule has 0 aromatic heterocycles. The number of urea groups is 1. The van der Waals surface area contributed by atoms with E-state index in [9.17, 15) is 9.00 Å². The van der Waals surface area contributed by atoms with Gasteiger partial charge in [-0.1, -0.05) is 30.3 Å². The smallest absolute Gasteiger partial charge is 0.315 e. The van der Waals surface area contributed by atoms with Gasteiger partial charge < -0.3 is 15.4 Å². The quantitative estimate of drug-likeness (QED) is 0.722. The Morgan fingerprint density at radius 2 is 1.67 bits per heavy atom. The van der Waals surface area contributed by atoms with Gasteiger partial charge in [0.1, 0.15) is 11.5 Å². The summed E-state index contributed by atoms with van der Waals surface area (Å²) in [5.41, 5.74) is 0.986. The van der Waals surface area contributed by atoms with Crippen LogP contribution in [0.1, 0.15) is 12.0 Å². The second kappa shape index (κ2) is 9.72. The van der Waals surface area contributed by atoms with Crippen LogP contribution in [0.25, 0.3) is 0 Å². The maximum Gasteiger partial charge on any atom is 0.315 e. The Hall–Kier alpha value is -2.34. The minimum Gasteiger partial charge on any atom is -0.457 e. The topological polar surface area (TPSA) is 67.4 Å². The molecule has 128 valence electrons. The van der Waals surface area contributed by atoms with E-state index < -0.39 is 10.8 Å².